The molecule has 0 aromatic heterocycles. The first kappa shape index (κ1) is 13.8. The fraction of sp³-hybridized carbons (Fsp3) is 0.800. The van der Waals surface area contributed by atoms with Crippen LogP contribution in [0.2, 0.25) is 0 Å². The second-order valence-electron chi connectivity index (χ2n) is 5.16. The highest BCUT2D eigenvalue weighted by atomic mass is 19.4. The van der Waals surface area contributed by atoms with Crippen LogP contribution in [0.4, 0.5) is 13.2 Å². The van der Waals surface area contributed by atoms with E-state index >= 15 is 0 Å². The molecular weight excluding hydrogens is 239 g/mol. The lowest BCUT2D eigenvalue weighted by atomic mass is 10.0. The third-order valence-electron chi connectivity index (χ3n) is 3.20. The number of carboxylic acid groups (broad SMARTS) is 1. The van der Waals surface area contributed by atoms with Gasteiger partial charge in [0.2, 0.25) is 11.4 Å². The number of amides is 1. The van der Waals surface area contributed by atoms with E-state index in [1.165, 1.54) is 0 Å². The molecule has 0 saturated heterocycles. The average molecular weight is 253 g/mol. The first-order valence-corrected chi connectivity index (χ1v) is 5.04. The van der Waals surface area contributed by atoms with Crippen LogP contribution in [0.15, 0.2) is 0 Å². The lowest BCUT2D eigenvalue weighted by Gasteiger charge is -2.28. The van der Waals surface area contributed by atoms with Crippen molar-refractivity contribution in [3.05, 3.63) is 0 Å². The van der Waals surface area contributed by atoms with E-state index in [0.717, 1.165) is 0 Å². The Labute approximate surface area is 96.2 Å². The highest BCUT2D eigenvalue weighted by Crippen LogP contribution is 2.52. The molecule has 0 aliphatic heterocycles. The summed E-state index contributed by atoms with van der Waals surface area (Å²) in [5.41, 5.74) is -3.59. The molecule has 1 aliphatic carbocycles. The Morgan fingerprint density at radius 2 is 1.76 bits per heavy atom. The Kier molecular flexibility index (Phi) is 2.93. The number of hydrogen-bond donors (Lipinski definition) is 2. The summed E-state index contributed by atoms with van der Waals surface area (Å²) in [7, 11) is 0. The summed E-state index contributed by atoms with van der Waals surface area (Å²) >= 11 is 0. The molecule has 0 spiro atoms. The Morgan fingerprint density at radius 1 is 1.35 bits per heavy atom. The molecule has 0 heterocycles. The average Bonchev–Trinajstić information content (AvgIpc) is 2.72. The fourth-order valence-electron chi connectivity index (χ4n) is 1.49. The molecule has 98 valence electrons. The number of alkyl halides is 3. The second kappa shape index (κ2) is 3.61. The Morgan fingerprint density at radius 3 is 2.00 bits per heavy atom. The van der Waals surface area contributed by atoms with Gasteiger partial charge in [0.25, 0.3) is 0 Å². The fourth-order valence-corrected chi connectivity index (χ4v) is 1.49. The molecule has 1 fully saturated rings. The molecule has 4 nitrogen and oxygen atoms in total. The van der Waals surface area contributed by atoms with Gasteiger partial charge in [0, 0.05) is 5.92 Å². The van der Waals surface area contributed by atoms with Crippen LogP contribution in [0.5, 0.6) is 0 Å². The van der Waals surface area contributed by atoms with Crippen LogP contribution in [0.1, 0.15) is 27.2 Å². The third kappa shape index (κ3) is 2.37. The first-order valence-electron chi connectivity index (χ1n) is 5.04. The van der Waals surface area contributed by atoms with Crippen LogP contribution in [0.3, 0.4) is 0 Å². The van der Waals surface area contributed by atoms with Crippen molar-refractivity contribution in [1.29, 1.82) is 0 Å². The van der Waals surface area contributed by atoms with Gasteiger partial charge < -0.3 is 10.4 Å². The van der Waals surface area contributed by atoms with Gasteiger partial charge in [-0.2, -0.15) is 13.2 Å². The summed E-state index contributed by atoms with van der Waals surface area (Å²) < 4.78 is 37.8. The number of carbonyl (C=O) groups is 2. The smallest absolute Gasteiger partial charge is 0.422 e. The van der Waals surface area contributed by atoms with Crippen LogP contribution in [0, 0.1) is 11.3 Å². The van der Waals surface area contributed by atoms with Gasteiger partial charge in [-0.25, -0.2) is 4.79 Å². The highest BCUT2D eigenvalue weighted by Gasteiger charge is 2.61. The van der Waals surface area contributed by atoms with Gasteiger partial charge in [0.1, 0.15) is 0 Å². The molecule has 2 atom stereocenters. The summed E-state index contributed by atoms with van der Waals surface area (Å²) in [6.07, 6.45) is -4.57. The lowest BCUT2D eigenvalue weighted by Crippen LogP contribution is -2.62. The van der Waals surface area contributed by atoms with E-state index in [2.05, 4.69) is 0 Å². The second-order valence-corrected chi connectivity index (χ2v) is 5.16. The number of aliphatic carboxylic acids is 1. The van der Waals surface area contributed by atoms with Gasteiger partial charge in [0.15, 0.2) is 0 Å². The summed E-state index contributed by atoms with van der Waals surface area (Å²) in [6, 6.07) is 0. The van der Waals surface area contributed by atoms with E-state index in [0.29, 0.717) is 13.3 Å². The van der Waals surface area contributed by atoms with Crippen LogP contribution < -0.4 is 5.32 Å². The zero-order chi connectivity index (χ0) is 13.6. The molecule has 1 saturated carbocycles. The normalized spacial score (nSPS) is 25.9. The monoisotopic (exact) mass is 253 g/mol. The Hall–Kier alpha value is -1.27. The summed E-state index contributed by atoms with van der Waals surface area (Å²) in [5, 5.41) is 10.2. The van der Waals surface area contributed by atoms with Gasteiger partial charge in [-0.05, 0) is 18.8 Å². The number of halogens is 3. The molecule has 2 unspecified atom stereocenters. The van der Waals surface area contributed by atoms with E-state index in [-0.39, 0.29) is 5.41 Å². The molecule has 2 N–H and O–H groups in total. The van der Waals surface area contributed by atoms with Gasteiger partial charge in [0.05, 0.1) is 0 Å². The van der Waals surface area contributed by atoms with Gasteiger partial charge in [-0.3, -0.25) is 4.79 Å². The van der Waals surface area contributed by atoms with E-state index < -0.39 is 29.5 Å². The largest absolute Gasteiger partial charge is 0.479 e. The predicted octanol–water partition coefficient (Wildman–Crippen LogP) is 1.55. The maximum Gasteiger partial charge on any atom is 0.422 e. The number of hydrogen-bond acceptors (Lipinski definition) is 2. The minimum absolute atomic E-state index is 0.352. The van der Waals surface area contributed by atoms with Crippen molar-refractivity contribution in [2.24, 2.45) is 11.3 Å². The summed E-state index contributed by atoms with van der Waals surface area (Å²) in [6.45, 7) is 3.93. The standard InChI is InChI=1S/C10H14F3NO3/c1-8(2)4-5(8)6(15)14-9(3,7(16)17)10(11,12)13/h5H,4H2,1-3H3,(H,14,15)(H,16,17). The molecule has 0 radical (unpaired) electrons. The Balaban J connectivity index is 2.83. The van der Waals surface area contributed by atoms with Crippen molar-refractivity contribution in [1.82, 2.24) is 5.32 Å². The van der Waals surface area contributed by atoms with Crippen LogP contribution >= 0.6 is 0 Å². The van der Waals surface area contributed by atoms with E-state index in [1.54, 1.807) is 19.2 Å². The molecule has 17 heavy (non-hydrogen) atoms. The molecule has 0 aromatic rings. The van der Waals surface area contributed by atoms with Crippen molar-refractivity contribution >= 4 is 11.9 Å². The summed E-state index contributed by atoms with van der Waals surface area (Å²) in [4.78, 5) is 22.2. The van der Waals surface area contributed by atoms with Crippen molar-refractivity contribution in [3.8, 4) is 0 Å². The van der Waals surface area contributed by atoms with Crippen molar-refractivity contribution in [2.75, 3.05) is 0 Å². The lowest BCUT2D eigenvalue weighted by molar-refractivity contribution is -0.207. The van der Waals surface area contributed by atoms with E-state index in [9.17, 15) is 22.8 Å². The summed E-state index contributed by atoms with van der Waals surface area (Å²) in [5.74, 6) is -3.53. The number of carbonyl (C=O) groups excluding carboxylic acids is 1. The molecule has 1 aliphatic rings. The molecule has 0 aromatic carbocycles. The maximum absolute atomic E-state index is 12.6. The molecule has 7 heteroatoms. The minimum atomic E-state index is -5.03. The predicted molar refractivity (Wildman–Crippen MR) is 52.1 cm³/mol. The minimum Gasteiger partial charge on any atom is -0.479 e. The van der Waals surface area contributed by atoms with Crippen LogP contribution in [-0.2, 0) is 9.59 Å². The first-order chi connectivity index (χ1) is 7.42. The molecule has 0 bridgehead atoms. The number of rotatable bonds is 3. The molecule has 1 amide bonds. The van der Waals surface area contributed by atoms with Crippen molar-refractivity contribution in [3.63, 3.8) is 0 Å². The topological polar surface area (TPSA) is 66.4 Å². The van der Waals surface area contributed by atoms with Gasteiger partial charge >= 0.3 is 12.1 Å². The third-order valence-corrected chi connectivity index (χ3v) is 3.20. The number of carboxylic acids is 1. The van der Waals surface area contributed by atoms with Crippen molar-refractivity contribution in [2.45, 2.75) is 38.9 Å². The van der Waals surface area contributed by atoms with E-state index in [1.807, 2.05) is 0 Å². The zero-order valence-electron chi connectivity index (χ0n) is 9.68. The van der Waals surface area contributed by atoms with Crippen LogP contribution in [0.25, 0.3) is 0 Å². The van der Waals surface area contributed by atoms with Gasteiger partial charge in [-0.15, -0.1) is 0 Å². The highest BCUT2D eigenvalue weighted by molar-refractivity contribution is 5.90. The zero-order valence-corrected chi connectivity index (χ0v) is 9.68. The maximum atomic E-state index is 12.6. The van der Waals surface area contributed by atoms with Crippen LogP contribution in [-0.4, -0.2) is 28.7 Å². The quantitative estimate of drug-likeness (QED) is 0.802. The van der Waals surface area contributed by atoms with Crippen molar-refractivity contribution < 1.29 is 27.9 Å². The molecular formula is C10H14F3NO3. The SMILES string of the molecule is CC1(C)CC1C(=O)NC(C)(C(=O)O)C(F)(F)F. The molecule has 1 rings (SSSR count). The Bertz CT molecular complexity index is 364. The number of nitrogens with one attached hydrogen (secondary N) is 1. The van der Waals surface area contributed by atoms with Gasteiger partial charge in [-0.1, -0.05) is 13.8 Å². The van der Waals surface area contributed by atoms with E-state index in [4.69, 9.17) is 5.11 Å².